The highest BCUT2D eigenvalue weighted by Gasteiger charge is 2.56. The molecular formula is C19H26N2O4. The van der Waals surface area contributed by atoms with E-state index in [4.69, 9.17) is 9.15 Å². The predicted octanol–water partition coefficient (Wildman–Crippen LogP) is 2.13. The minimum absolute atomic E-state index is 0.0189. The van der Waals surface area contributed by atoms with Gasteiger partial charge in [-0.25, -0.2) is 0 Å². The Bertz CT molecular complexity index is 658. The highest BCUT2D eigenvalue weighted by Crippen LogP contribution is 2.44. The molecule has 2 aliphatic heterocycles. The van der Waals surface area contributed by atoms with Crippen LogP contribution in [-0.4, -0.2) is 54.0 Å². The summed E-state index contributed by atoms with van der Waals surface area (Å²) in [5.74, 6) is 1.20. The summed E-state index contributed by atoms with van der Waals surface area (Å²) < 4.78 is 10.7. The highest BCUT2D eigenvalue weighted by molar-refractivity contribution is 5.89. The molecule has 0 saturated carbocycles. The molecule has 1 aromatic heterocycles. The molecular weight excluding hydrogens is 320 g/mol. The molecule has 6 nitrogen and oxygen atoms in total. The molecule has 1 atom stereocenters. The number of hydrogen-bond acceptors (Lipinski definition) is 5. The molecule has 0 aromatic carbocycles. The van der Waals surface area contributed by atoms with Crippen LogP contribution < -0.4 is 0 Å². The number of furan rings is 1. The second kappa shape index (κ2) is 7.04. The summed E-state index contributed by atoms with van der Waals surface area (Å²) >= 11 is 0. The van der Waals surface area contributed by atoms with E-state index in [9.17, 15) is 9.59 Å². The molecule has 6 heteroatoms. The molecule has 2 fully saturated rings. The Hall–Kier alpha value is -2.08. The fourth-order valence-corrected chi connectivity index (χ4v) is 4.28. The Labute approximate surface area is 148 Å². The monoisotopic (exact) mass is 346 g/mol. The Morgan fingerprint density at radius 2 is 2.16 bits per heavy atom. The summed E-state index contributed by atoms with van der Waals surface area (Å²) in [5, 5.41) is 0. The minimum Gasteiger partial charge on any atom is -0.469 e. The van der Waals surface area contributed by atoms with Gasteiger partial charge in [-0.15, -0.1) is 6.58 Å². The number of piperidine rings is 1. The first-order valence-corrected chi connectivity index (χ1v) is 8.77. The van der Waals surface area contributed by atoms with Crippen molar-refractivity contribution in [3.63, 3.8) is 0 Å². The van der Waals surface area contributed by atoms with Crippen LogP contribution in [0.25, 0.3) is 0 Å². The van der Waals surface area contributed by atoms with Crippen LogP contribution in [0.4, 0.5) is 0 Å². The first kappa shape index (κ1) is 17.7. The Balaban J connectivity index is 1.75. The number of methoxy groups -OCH3 is 1. The highest BCUT2D eigenvalue weighted by atomic mass is 16.5. The molecule has 1 amide bonds. The Morgan fingerprint density at radius 3 is 2.72 bits per heavy atom. The summed E-state index contributed by atoms with van der Waals surface area (Å²) in [6, 6.07) is 3.97. The van der Waals surface area contributed by atoms with Crippen LogP contribution in [0.15, 0.2) is 29.2 Å². The molecule has 0 bridgehead atoms. The lowest BCUT2D eigenvalue weighted by molar-refractivity contribution is -0.150. The van der Waals surface area contributed by atoms with Crippen LogP contribution in [0.5, 0.6) is 0 Å². The molecule has 0 radical (unpaired) electrons. The average Bonchev–Trinajstić information content (AvgIpc) is 3.13. The number of rotatable bonds is 5. The zero-order valence-electron chi connectivity index (χ0n) is 15.0. The maximum Gasteiger partial charge on any atom is 0.311 e. The topological polar surface area (TPSA) is 63.0 Å². The molecule has 1 aromatic rings. The van der Waals surface area contributed by atoms with Crippen molar-refractivity contribution in [3.8, 4) is 0 Å². The van der Waals surface area contributed by atoms with Gasteiger partial charge in [0, 0.05) is 26.1 Å². The standard InChI is InChI=1S/C19H26N2O4/c1-4-9-21-17(22)12-16(18(23)24-3)19(21)7-10-20(11-8-19)13-15-6-5-14(2)25-15/h4-6,16H,1,7-13H2,2-3H3. The number of hydrogen-bond donors (Lipinski definition) is 0. The SMILES string of the molecule is C=CCN1C(=O)CC(C(=O)OC)C12CCN(Cc1ccc(C)o1)CC2. The minimum atomic E-state index is -0.450. The van der Waals surface area contributed by atoms with Crippen molar-refractivity contribution in [3.05, 3.63) is 36.3 Å². The normalized spacial score (nSPS) is 23.2. The number of ether oxygens (including phenoxy) is 1. The lowest BCUT2D eigenvalue weighted by Gasteiger charge is -2.46. The van der Waals surface area contributed by atoms with Gasteiger partial charge in [0.15, 0.2) is 0 Å². The van der Waals surface area contributed by atoms with E-state index in [0.717, 1.165) is 44.0 Å². The van der Waals surface area contributed by atoms with Crippen LogP contribution in [0.1, 0.15) is 30.8 Å². The molecule has 1 unspecified atom stereocenters. The Kier molecular flexibility index (Phi) is 4.99. The van der Waals surface area contributed by atoms with Gasteiger partial charge in [-0.05, 0) is 31.9 Å². The first-order chi connectivity index (χ1) is 12.0. The van der Waals surface area contributed by atoms with E-state index >= 15 is 0 Å². The second-order valence-electron chi connectivity index (χ2n) is 6.96. The van der Waals surface area contributed by atoms with Gasteiger partial charge in [0.25, 0.3) is 0 Å². The van der Waals surface area contributed by atoms with Crippen LogP contribution in [0.2, 0.25) is 0 Å². The summed E-state index contributed by atoms with van der Waals surface area (Å²) in [6.45, 7) is 8.56. The average molecular weight is 346 g/mol. The summed E-state index contributed by atoms with van der Waals surface area (Å²) in [4.78, 5) is 28.9. The quantitative estimate of drug-likeness (QED) is 0.604. The number of likely N-dealkylation sites (tertiary alicyclic amines) is 2. The van der Waals surface area contributed by atoms with Crippen molar-refractivity contribution in [2.45, 2.75) is 38.3 Å². The predicted molar refractivity (Wildman–Crippen MR) is 92.7 cm³/mol. The molecule has 0 N–H and O–H groups in total. The van der Waals surface area contributed by atoms with Gasteiger partial charge >= 0.3 is 5.97 Å². The third-order valence-electron chi connectivity index (χ3n) is 5.56. The smallest absolute Gasteiger partial charge is 0.311 e. The van der Waals surface area contributed by atoms with Crippen LogP contribution >= 0.6 is 0 Å². The molecule has 1 spiro atoms. The van der Waals surface area contributed by atoms with Crippen molar-refractivity contribution in [1.29, 1.82) is 0 Å². The van der Waals surface area contributed by atoms with Crippen molar-refractivity contribution in [1.82, 2.24) is 9.80 Å². The van der Waals surface area contributed by atoms with E-state index < -0.39 is 11.5 Å². The number of carbonyl (C=O) groups is 2. The number of carbonyl (C=O) groups excluding carboxylic acids is 2. The van der Waals surface area contributed by atoms with E-state index in [2.05, 4.69) is 11.5 Å². The zero-order chi connectivity index (χ0) is 18.0. The lowest BCUT2D eigenvalue weighted by atomic mass is 9.76. The van der Waals surface area contributed by atoms with Gasteiger partial charge in [0.2, 0.25) is 5.91 Å². The number of nitrogens with zero attached hydrogens (tertiary/aromatic N) is 2. The van der Waals surface area contributed by atoms with Gasteiger partial charge in [0.1, 0.15) is 11.5 Å². The van der Waals surface area contributed by atoms with Crippen LogP contribution in [-0.2, 0) is 20.9 Å². The fraction of sp³-hybridized carbons (Fsp3) is 0.579. The van der Waals surface area contributed by atoms with Crippen molar-refractivity contribution in [2.24, 2.45) is 5.92 Å². The maximum atomic E-state index is 12.5. The molecule has 2 aliphatic rings. The summed E-state index contributed by atoms with van der Waals surface area (Å²) in [6.07, 6.45) is 3.48. The largest absolute Gasteiger partial charge is 0.469 e. The Morgan fingerprint density at radius 1 is 1.44 bits per heavy atom. The zero-order valence-corrected chi connectivity index (χ0v) is 15.0. The molecule has 136 valence electrons. The van der Waals surface area contributed by atoms with Crippen LogP contribution in [0.3, 0.4) is 0 Å². The number of esters is 1. The maximum absolute atomic E-state index is 12.5. The summed E-state index contributed by atoms with van der Waals surface area (Å²) in [7, 11) is 1.39. The van der Waals surface area contributed by atoms with Gasteiger partial charge in [-0.1, -0.05) is 6.08 Å². The van der Waals surface area contributed by atoms with Crippen LogP contribution in [0, 0.1) is 12.8 Å². The van der Waals surface area contributed by atoms with Crippen molar-refractivity contribution < 1.29 is 18.7 Å². The van der Waals surface area contributed by atoms with Gasteiger partial charge in [-0.3, -0.25) is 14.5 Å². The second-order valence-corrected chi connectivity index (χ2v) is 6.96. The van der Waals surface area contributed by atoms with E-state index in [1.807, 2.05) is 24.0 Å². The third kappa shape index (κ3) is 3.23. The third-order valence-corrected chi connectivity index (χ3v) is 5.56. The van der Waals surface area contributed by atoms with Gasteiger partial charge in [-0.2, -0.15) is 0 Å². The first-order valence-electron chi connectivity index (χ1n) is 8.77. The fourth-order valence-electron chi connectivity index (χ4n) is 4.28. The van der Waals surface area contributed by atoms with E-state index in [1.165, 1.54) is 7.11 Å². The lowest BCUT2D eigenvalue weighted by Crippen LogP contribution is -2.57. The molecule has 3 rings (SSSR count). The molecule has 3 heterocycles. The molecule has 25 heavy (non-hydrogen) atoms. The molecule has 0 aliphatic carbocycles. The van der Waals surface area contributed by atoms with E-state index in [1.54, 1.807) is 6.08 Å². The van der Waals surface area contributed by atoms with Crippen molar-refractivity contribution >= 4 is 11.9 Å². The van der Waals surface area contributed by atoms with Crippen molar-refractivity contribution in [2.75, 3.05) is 26.7 Å². The molecule has 2 saturated heterocycles. The summed E-state index contributed by atoms with van der Waals surface area (Å²) in [5.41, 5.74) is -0.450. The number of amides is 1. The van der Waals surface area contributed by atoms with Gasteiger partial charge < -0.3 is 14.1 Å². The van der Waals surface area contributed by atoms with E-state index in [-0.39, 0.29) is 18.3 Å². The number of aryl methyl sites for hydroxylation is 1. The van der Waals surface area contributed by atoms with Gasteiger partial charge in [0.05, 0.1) is 25.1 Å². The van der Waals surface area contributed by atoms with E-state index in [0.29, 0.717) is 6.54 Å².